The van der Waals surface area contributed by atoms with E-state index < -0.39 is 0 Å². The van der Waals surface area contributed by atoms with E-state index in [0.29, 0.717) is 17.4 Å². The molecule has 4 fully saturated rings. The SMILES string of the molecule is C[C@]12CC3CC(NCc4cc(Br)ccc4OCc4cccc(Cl)c4)(C1)C[C@@](C)(C3)C2. The Morgan fingerprint density at radius 1 is 1.03 bits per heavy atom. The maximum atomic E-state index is 6.22. The first-order chi connectivity index (χ1) is 14.2. The summed E-state index contributed by atoms with van der Waals surface area (Å²) in [6.45, 7) is 6.44. The van der Waals surface area contributed by atoms with E-state index in [-0.39, 0.29) is 5.54 Å². The Morgan fingerprint density at radius 2 is 1.80 bits per heavy atom. The van der Waals surface area contributed by atoms with E-state index in [1.54, 1.807) is 0 Å². The van der Waals surface area contributed by atoms with Gasteiger partial charge in [-0.25, -0.2) is 0 Å². The molecule has 4 atom stereocenters. The summed E-state index contributed by atoms with van der Waals surface area (Å²) < 4.78 is 7.32. The van der Waals surface area contributed by atoms with Gasteiger partial charge in [0.05, 0.1) is 0 Å². The van der Waals surface area contributed by atoms with Crippen LogP contribution in [0.4, 0.5) is 0 Å². The summed E-state index contributed by atoms with van der Waals surface area (Å²) in [5, 5.41) is 4.79. The van der Waals surface area contributed by atoms with Crippen LogP contribution in [0.15, 0.2) is 46.9 Å². The standard InChI is InChI=1S/C26H31BrClNO/c1-24-10-19-11-25(2,15-24)17-26(12-19,16-24)29-13-20-9-21(27)6-7-23(20)30-14-18-4-3-5-22(28)8-18/h3-9,19,29H,10-17H2,1-2H3/t19?,24-,25+,26?. The Kier molecular flexibility index (Phi) is 5.24. The summed E-state index contributed by atoms with van der Waals surface area (Å²) >= 11 is 9.78. The Balaban J connectivity index is 1.32. The fourth-order valence-corrected chi connectivity index (χ4v) is 8.16. The van der Waals surface area contributed by atoms with E-state index >= 15 is 0 Å². The molecule has 4 heteroatoms. The van der Waals surface area contributed by atoms with Crippen molar-refractivity contribution in [3.8, 4) is 5.75 Å². The van der Waals surface area contributed by atoms with Gasteiger partial charge in [-0.3, -0.25) is 0 Å². The second-order valence-electron chi connectivity index (χ2n) is 10.9. The second-order valence-corrected chi connectivity index (χ2v) is 12.3. The number of nitrogens with one attached hydrogen (secondary N) is 1. The van der Waals surface area contributed by atoms with Gasteiger partial charge in [0.25, 0.3) is 0 Å². The smallest absolute Gasteiger partial charge is 0.124 e. The van der Waals surface area contributed by atoms with Crippen LogP contribution in [0.3, 0.4) is 0 Å². The predicted octanol–water partition coefficient (Wildman–Crippen LogP) is 7.52. The van der Waals surface area contributed by atoms with Crippen LogP contribution in [0.2, 0.25) is 5.02 Å². The Labute approximate surface area is 193 Å². The average molecular weight is 489 g/mol. The van der Waals surface area contributed by atoms with Crippen LogP contribution >= 0.6 is 27.5 Å². The number of hydrogen-bond donors (Lipinski definition) is 1. The number of rotatable bonds is 6. The zero-order chi connectivity index (χ0) is 21.0. The van der Waals surface area contributed by atoms with Crippen LogP contribution in [-0.2, 0) is 13.2 Å². The maximum Gasteiger partial charge on any atom is 0.124 e. The molecule has 4 bridgehead atoms. The van der Waals surface area contributed by atoms with Gasteiger partial charge in [0.1, 0.15) is 12.4 Å². The van der Waals surface area contributed by atoms with Gasteiger partial charge in [-0.05, 0) is 91.2 Å². The van der Waals surface area contributed by atoms with Crippen molar-refractivity contribution in [2.45, 2.75) is 71.1 Å². The van der Waals surface area contributed by atoms with Crippen molar-refractivity contribution in [3.05, 3.63) is 63.1 Å². The van der Waals surface area contributed by atoms with Gasteiger partial charge in [-0.1, -0.05) is 53.5 Å². The summed E-state index contributed by atoms with van der Waals surface area (Å²) in [6.07, 6.45) is 8.24. The molecule has 1 N–H and O–H groups in total. The Morgan fingerprint density at radius 3 is 2.50 bits per heavy atom. The molecule has 160 valence electrons. The van der Waals surface area contributed by atoms with Crippen molar-refractivity contribution < 1.29 is 4.74 Å². The third-order valence-corrected chi connectivity index (χ3v) is 8.31. The lowest BCUT2D eigenvalue weighted by Gasteiger charge is -2.65. The zero-order valence-corrected chi connectivity index (χ0v) is 20.3. The molecule has 0 aliphatic heterocycles. The van der Waals surface area contributed by atoms with Crippen molar-refractivity contribution in [2.24, 2.45) is 16.7 Å². The van der Waals surface area contributed by atoms with Gasteiger partial charge in [-0.15, -0.1) is 0 Å². The minimum atomic E-state index is 0.287. The molecular weight excluding hydrogens is 458 g/mol. The number of ether oxygens (including phenoxy) is 1. The first-order valence-corrected chi connectivity index (χ1v) is 12.3. The van der Waals surface area contributed by atoms with Crippen LogP contribution in [-0.4, -0.2) is 5.54 Å². The van der Waals surface area contributed by atoms with Crippen molar-refractivity contribution in [1.82, 2.24) is 5.32 Å². The van der Waals surface area contributed by atoms with Crippen molar-refractivity contribution >= 4 is 27.5 Å². The largest absolute Gasteiger partial charge is 0.489 e. The van der Waals surface area contributed by atoms with Gasteiger partial charge in [0, 0.05) is 27.1 Å². The predicted molar refractivity (Wildman–Crippen MR) is 127 cm³/mol. The van der Waals surface area contributed by atoms with Crippen LogP contribution in [0.5, 0.6) is 5.75 Å². The number of halogens is 2. The van der Waals surface area contributed by atoms with E-state index in [2.05, 4.69) is 59.4 Å². The lowest BCUT2D eigenvalue weighted by Crippen LogP contribution is -2.63. The molecule has 6 rings (SSSR count). The minimum Gasteiger partial charge on any atom is -0.489 e. The highest BCUT2D eigenvalue weighted by Crippen LogP contribution is 2.66. The van der Waals surface area contributed by atoms with Crippen molar-refractivity contribution in [3.63, 3.8) is 0 Å². The molecule has 0 radical (unpaired) electrons. The molecule has 30 heavy (non-hydrogen) atoms. The van der Waals surface area contributed by atoms with Crippen molar-refractivity contribution in [2.75, 3.05) is 0 Å². The lowest BCUT2D eigenvalue weighted by atomic mass is 9.43. The molecule has 2 aromatic rings. The molecule has 2 unspecified atom stereocenters. The molecule has 0 aromatic heterocycles. The molecule has 0 saturated heterocycles. The molecule has 0 amide bonds. The van der Waals surface area contributed by atoms with Crippen LogP contribution in [0, 0.1) is 16.7 Å². The average Bonchev–Trinajstić information content (AvgIpc) is 2.63. The van der Waals surface area contributed by atoms with E-state index in [0.717, 1.165) is 33.3 Å². The number of benzene rings is 2. The van der Waals surface area contributed by atoms with E-state index in [1.165, 1.54) is 44.1 Å². The summed E-state index contributed by atoms with van der Waals surface area (Å²) in [5.41, 5.74) is 3.63. The number of hydrogen-bond acceptors (Lipinski definition) is 2. The molecular formula is C26H31BrClNO. The normalized spacial score (nSPS) is 34.3. The highest BCUT2D eigenvalue weighted by molar-refractivity contribution is 9.10. The van der Waals surface area contributed by atoms with Crippen LogP contribution in [0.1, 0.15) is 63.5 Å². The second kappa shape index (κ2) is 7.53. The Hall–Kier alpha value is -1.03. The summed E-state index contributed by atoms with van der Waals surface area (Å²) in [4.78, 5) is 0. The summed E-state index contributed by atoms with van der Waals surface area (Å²) in [6, 6.07) is 14.2. The fraction of sp³-hybridized carbons (Fsp3) is 0.538. The molecule has 4 aliphatic rings. The highest BCUT2D eigenvalue weighted by Gasteiger charge is 2.59. The van der Waals surface area contributed by atoms with E-state index in [1.807, 2.05) is 18.2 Å². The monoisotopic (exact) mass is 487 g/mol. The van der Waals surface area contributed by atoms with Gasteiger partial charge in [-0.2, -0.15) is 0 Å². The topological polar surface area (TPSA) is 21.3 Å². The van der Waals surface area contributed by atoms with Crippen LogP contribution in [0.25, 0.3) is 0 Å². The third-order valence-electron chi connectivity index (χ3n) is 7.59. The van der Waals surface area contributed by atoms with Crippen LogP contribution < -0.4 is 10.1 Å². The van der Waals surface area contributed by atoms with Gasteiger partial charge >= 0.3 is 0 Å². The summed E-state index contributed by atoms with van der Waals surface area (Å²) in [5.74, 6) is 1.85. The fourth-order valence-electron chi connectivity index (χ4n) is 7.54. The molecule has 2 nitrogen and oxygen atoms in total. The third kappa shape index (κ3) is 4.18. The summed E-state index contributed by atoms with van der Waals surface area (Å²) in [7, 11) is 0. The molecule has 0 spiro atoms. The van der Waals surface area contributed by atoms with Crippen molar-refractivity contribution in [1.29, 1.82) is 0 Å². The molecule has 4 saturated carbocycles. The maximum absolute atomic E-state index is 6.22. The van der Waals surface area contributed by atoms with E-state index in [9.17, 15) is 0 Å². The minimum absolute atomic E-state index is 0.287. The van der Waals surface area contributed by atoms with E-state index in [4.69, 9.17) is 16.3 Å². The first-order valence-electron chi connectivity index (χ1n) is 11.1. The quantitative estimate of drug-likeness (QED) is 0.454. The first kappa shape index (κ1) is 20.8. The molecule has 4 aliphatic carbocycles. The molecule has 0 heterocycles. The highest BCUT2D eigenvalue weighted by atomic mass is 79.9. The lowest BCUT2D eigenvalue weighted by molar-refractivity contribution is -0.118. The van der Waals surface area contributed by atoms with Gasteiger partial charge < -0.3 is 10.1 Å². The van der Waals surface area contributed by atoms with Gasteiger partial charge in [0.15, 0.2) is 0 Å². The molecule has 2 aromatic carbocycles. The Bertz CT molecular complexity index is 942. The van der Waals surface area contributed by atoms with Gasteiger partial charge in [0.2, 0.25) is 0 Å². The zero-order valence-electron chi connectivity index (χ0n) is 17.9.